The molecule has 0 radical (unpaired) electrons. The van der Waals surface area contributed by atoms with Gasteiger partial charge in [-0.2, -0.15) is 0 Å². The van der Waals surface area contributed by atoms with Crippen molar-refractivity contribution >= 4 is 16.6 Å². The second-order valence-corrected chi connectivity index (χ2v) is 4.96. The lowest BCUT2D eigenvalue weighted by molar-refractivity contribution is 0.344. The van der Waals surface area contributed by atoms with Crippen molar-refractivity contribution in [3.63, 3.8) is 0 Å². The lowest BCUT2D eigenvalue weighted by Crippen LogP contribution is -2.35. The summed E-state index contributed by atoms with van der Waals surface area (Å²) in [5, 5.41) is 0.939. The van der Waals surface area contributed by atoms with Crippen LogP contribution in [-0.2, 0) is 5.54 Å². The molecule has 0 bridgehead atoms. The number of nitrogen functional groups attached to an aromatic ring is 1. The van der Waals surface area contributed by atoms with E-state index in [0.717, 1.165) is 17.3 Å². The summed E-state index contributed by atoms with van der Waals surface area (Å²) in [6, 6.07) is 9.28. The quantitative estimate of drug-likeness (QED) is 0.862. The Morgan fingerprint density at radius 3 is 2.59 bits per heavy atom. The average Bonchev–Trinajstić information content (AvgIpc) is 2.29. The Kier molecular flexibility index (Phi) is 2.69. The van der Waals surface area contributed by atoms with Crippen molar-refractivity contribution in [2.45, 2.75) is 32.7 Å². The van der Waals surface area contributed by atoms with Crippen molar-refractivity contribution in [2.75, 3.05) is 5.73 Å². The first-order valence-electron chi connectivity index (χ1n) is 5.88. The molecule has 2 aromatic rings. The average molecular weight is 230 g/mol. The number of nitrogens with zero attached hydrogens (tertiary/aromatic N) is 1. The maximum Gasteiger partial charge on any atom is 0.253 e. The molecule has 0 saturated heterocycles. The Hall–Kier alpha value is -1.77. The van der Waals surface area contributed by atoms with Crippen molar-refractivity contribution in [3.05, 3.63) is 40.7 Å². The van der Waals surface area contributed by atoms with Crippen LogP contribution >= 0.6 is 0 Å². The molecule has 0 aliphatic heterocycles. The fourth-order valence-corrected chi connectivity index (χ4v) is 2.09. The van der Waals surface area contributed by atoms with E-state index in [-0.39, 0.29) is 11.1 Å². The fraction of sp³-hybridized carbons (Fsp3) is 0.357. The van der Waals surface area contributed by atoms with E-state index in [1.54, 1.807) is 0 Å². The third kappa shape index (κ3) is 1.82. The van der Waals surface area contributed by atoms with Crippen LogP contribution in [0.5, 0.6) is 0 Å². The lowest BCUT2D eigenvalue weighted by Gasteiger charge is -2.28. The topological polar surface area (TPSA) is 48.0 Å². The third-order valence-corrected chi connectivity index (χ3v) is 3.43. The van der Waals surface area contributed by atoms with E-state index in [1.807, 2.05) is 28.8 Å². The lowest BCUT2D eigenvalue weighted by atomic mass is 10.00. The number of pyridine rings is 1. The molecular formula is C14H18N2O. The van der Waals surface area contributed by atoms with Crippen LogP contribution in [0.3, 0.4) is 0 Å². The predicted octanol–water partition coefficient (Wildman–Crippen LogP) is 2.73. The molecular weight excluding hydrogens is 212 g/mol. The van der Waals surface area contributed by atoms with Crippen LogP contribution in [0.15, 0.2) is 35.1 Å². The Balaban J connectivity index is 2.93. The fourth-order valence-electron chi connectivity index (χ4n) is 2.09. The molecule has 0 amide bonds. The zero-order valence-corrected chi connectivity index (χ0v) is 10.5. The molecule has 17 heavy (non-hydrogen) atoms. The molecule has 0 fully saturated rings. The highest BCUT2D eigenvalue weighted by Gasteiger charge is 2.21. The molecule has 0 atom stereocenters. The van der Waals surface area contributed by atoms with Crippen molar-refractivity contribution < 1.29 is 0 Å². The van der Waals surface area contributed by atoms with Crippen molar-refractivity contribution in [1.82, 2.24) is 4.57 Å². The van der Waals surface area contributed by atoms with E-state index < -0.39 is 0 Å². The van der Waals surface area contributed by atoms with Crippen LogP contribution in [0.2, 0.25) is 0 Å². The highest BCUT2D eigenvalue weighted by Crippen LogP contribution is 2.25. The molecule has 1 aromatic heterocycles. The van der Waals surface area contributed by atoms with Crippen LogP contribution in [0.4, 0.5) is 5.69 Å². The SMILES string of the molecule is CCC(C)(C)n1c(=O)cc(N)c2ccccc21. The number of hydrogen-bond donors (Lipinski definition) is 1. The Bertz CT molecular complexity index is 611. The maximum atomic E-state index is 12.1. The molecule has 0 aliphatic rings. The van der Waals surface area contributed by atoms with E-state index in [4.69, 9.17) is 5.73 Å². The maximum absolute atomic E-state index is 12.1. The van der Waals surface area contributed by atoms with Gasteiger partial charge in [0, 0.05) is 22.7 Å². The minimum atomic E-state index is -0.204. The van der Waals surface area contributed by atoms with E-state index in [2.05, 4.69) is 20.8 Å². The summed E-state index contributed by atoms with van der Waals surface area (Å²) in [6.45, 7) is 6.21. The molecule has 0 spiro atoms. The van der Waals surface area contributed by atoms with E-state index in [0.29, 0.717) is 5.69 Å². The van der Waals surface area contributed by atoms with Crippen LogP contribution in [-0.4, -0.2) is 4.57 Å². The van der Waals surface area contributed by atoms with Crippen LogP contribution in [0, 0.1) is 0 Å². The number of benzene rings is 1. The monoisotopic (exact) mass is 230 g/mol. The molecule has 2 rings (SSSR count). The molecule has 90 valence electrons. The van der Waals surface area contributed by atoms with E-state index in [9.17, 15) is 4.79 Å². The number of anilines is 1. The first-order chi connectivity index (χ1) is 7.97. The number of fused-ring (bicyclic) bond motifs is 1. The van der Waals surface area contributed by atoms with Crippen molar-refractivity contribution in [1.29, 1.82) is 0 Å². The standard InChI is InChI=1S/C14H18N2O/c1-4-14(2,3)16-12-8-6-5-7-10(12)11(15)9-13(16)17/h5-9H,4,15H2,1-3H3. The van der Waals surface area contributed by atoms with Crippen LogP contribution < -0.4 is 11.3 Å². The first kappa shape index (κ1) is 11.7. The summed E-state index contributed by atoms with van der Waals surface area (Å²) in [5.74, 6) is 0. The number of hydrogen-bond acceptors (Lipinski definition) is 2. The van der Waals surface area contributed by atoms with Gasteiger partial charge in [0.05, 0.1) is 5.52 Å². The Morgan fingerprint density at radius 2 is 1.94 bits per heavy atom. The smallest absolute Gasteiger partial charge is 0.253 e. The van der Waals surface area contributed by atoms with Gasteiger partial charge in [-0.25, -0.2) is 0 Å². The number of nitrogens with two attached hydrogens (primary N) is 1. The second-order valence-electron chi connectivity index (χ2n) is 4.96. The zero-order chi connectivity index (χ0) is 12.6. The van der Waals surface area contributed by atoms with Crippen molar-refractivity contribution in [2.24, 2.45) is 0 Å². The summed E-state index contributed by atoms with van der Waals surface area (Å²) >= 11 is 0. The second kappa shape index (κ2) is 3.91. The molecule has 0 aliphatic carbocycles. The van der Waals surface area contributed by atoms with Gasteiger partial charge in [0.1, 0.15) is 0 Å². The van der Waals surface area contributed by atoms with Gasteiger partial charge in [0.15, 0.2) is 0 Å². The van der Waals surface area contributed by atoms with E-state index in [1.165, 1.54) is 6.07 Å². The number of aromatic nitrogens is 1. The highest BCUT2D eigenvalue weighted by molar-refractivity contribution is 5.90. The molecule has 3 heteroatoms. The normalized spacial score (nSPS) is 11.9. The van der Waals surface area contributed by atoms with Gasteiger partial charge in [-0.1, -0.05) is 25.1 Å². The summed E-state index contributed by atoms with van der Waals surface area (Å²) in [7, 11) is 0. The molecule has 0 saturated carbocycles. The highest BCUT2D eigenvalue weighted by atomic mass is 16.1. The van der Waals surface area contributed by atoms with Gasteiger partial charge in [-0.05, 0) is 26.3 Å². The molecule has 0 unspecified atom stereocenters. The van der Waals surface area contributed by atoms with Gasteiger partial charge >= 0.3 is 0 Å². The number of para-hydroxylation sites is 1. The minimum Gasteiger partial charge on any atom is -0.398 e. The molecule has 2 N–H and O–H groups in total. The van der Waals surface area contributed by atoms with Crippen LogP contribution in [0.1, 0.15) is 27.2 Å². The van der Waals surface area contributed by atoms with Gasteiger partial charge in [-0.3, -0.25) is 4.79 Å². The minimum absolute atomic E-state index is 0.0342. The first-order valence-corrected chi connectivity index (χ1v) is 5.88. The summed E-state index contributed by atoms with van der Waals surface area (Å²) in [5.41, 5.74) is 7.12. The molecule has 3 nitrogen and oxygen atoms in total. The zero-order valence-electron chi connectivity index (χ0n) is 10.5. The van der Waals surface area contributed by atoms with Gasteiger partial charge in [0.2, 0.25) is 0 Å². The predicted molar refractivity (Wildman–Crippen MR) is 72.2 cm³/mol. The van der Waals surface area contributed by atoms with Gasteiger partial charge in [-0.15, -0.1) is 0 Å². The summed E-state index contributed by atoms with van der Waals surface area (Å²) < 4.78 is 1.83. The van der Waals surface area contributed by atoms with Crippen LogP contribution in [0.25, 0.3) is 10.9 Å². The third-order valence-electron chi connectivity index (χ3n) is 3.43. The summed E-state index contributed by atoms with van der Waals surface area (Å²) in [6.07, 6.45) is 0.890. The molecule has 1 heterocycles. The van der Waals surface area contributed by atoms with Crippen molar-refractivity contribution in [3.8, 4) is 0 Å². The largest absolute Gasteiger partial charge is 0.398 e. The molecule has 1 aromatic carbocycles. The van der Waals surface area contributed by atoms with E-state index >= 15 is 0 Å². The Morgan fingerprint density at radius 1 is 1.29 bits per heavy atom. The Labute approximate surface area is 101 Å². The van der Waals surface area contributed by atoms with Gasteiger partial charge < -0.3 is 10.3 Å². The summed E-state index contributed by atoms with van der Waals surface area (Å²) in [4.78, 5) is 12.1. The van der Waals surface area contributed by atoms with Gasteiger partial charge in [0.25, 0.3) is 5.56 Å². The number of rotatable bonds is 2.